The Balaban J connectivity index is 3.04. The van der Waals surface area contributed by atoms with Crippen LogP contribution in [0.4, 0.5) is 0 Å². The van der Waals surface area contributed by atoms with Crippen LogP contribution in [0.1, 0.15) is 18.5 Å². The van der Waals surface area contributed by atoms with Gasteiger partial charge in [-0.2, -0.15) is 12.6 Å². The molecule has 0 radical (unpaired) electrons. The van der Waals surface area contributed by atoms with Gasteiger partial charge in [0.05, 0.1) is 25.2 Å². The molecule has 0 aromatic carbocycles. The van der Waals surface area contributed by atoms with E-state index < -0.39 is 72.6 Å². The Labute approximate surface area is 191 Å². The van der Waals surface area contributed by atoms with Crippen LogP contribution < -0.4 is 21.7 Å². The Morgan fingerprint density at radius 1 is 0.909 bits per heavy atom. The van der Waals surface area contributed by atoms with Gasteiger partial charge in [0.25, 0.3) is 0 Å². The summed E-state index contributed by atoms with van der Waals surface area (Å²) in [6.07, 6.45) is 0.809. The van der Waals surface area contributed by atoms with Crippen molar-refractivity contribution in [1.29, 1.82) is 0 Å². The van der Waals surface area contributed by atoms with Crippen molar-refractivity contribution in [3.8, 4) is 0 Å². The van der Waals surface area contributed by atoms with E-state index in [0.29, 0.717) is 5.69 Å². The lowest BCUT2D eigenvalue weighted by molar-refractivity contribution is -0.143. The standard InChI is InChI=1S/C17H24N6O9S/c18-8(2-12(24)25)14(28)21-10(3-13(26)27)16(30)22-9(1-7-4-19-6-20-7)15(29)23-11(5-33)17(31)32/h4,6,8-11,33H,1-3,5,18H2,(H,19,20)(H,21,28)(H,22,30)(H,23,29)(H,24,25)(H,26,27)(H,31,32). The quantitative estimate of drug-likeness (QED) is 0.117. The average Bonchev–Trinajstić information content (AvgIpc) is 3.22. The van der Waals surface area contributed by atoms with Crippen LogP contribution in [0.3, 0.4) is 0 Å². The van der Waals surface area contributed by atoms with Crippen LogP contribution in [-0.2, 0) is 35.2 Å². The van der Waals surface area contributed by atoms with Gasteiger partial charge in [-0.05, 0) is 0 Å². The molecule has 0 fully saturated rings. The second kappa shape index (κ2) is 13.0. The minimum atomic E-state index is -1.70. The van der Waals surface area contributed by atoms with Gasteiger partial charge in [-0.3, -0.25) is 24.0 Å². The van der Waals surface area contributed by atoms with Gasteiger partial charge in [0.2, 0.25) is 17.7 Å². The lowest BCUT2D eigenvalue weighted by atomic mass is 10.1. The van der Waals surface area contributed by atoms with E-state index in [4.69, 9.17) is 21.1 Å². The summed E-state index contributed by atoms with van der Waals surface area (Å²) in [5.41, 5.74) is 5.81. The number of rotatable bonds is 14. The second-order valence-corrected chi connectivity index (χ2v) is 7.15. The number of hydrogen-bond donors (Lipinski definition) is 9. The molecule has 1 rings (SSSR count). The van der Waals surface area contributed by atoms with Crippen molar-refractivity contribution in [2.24, 2.45) is 5.73 Å². The van der Waals surface area contributed by atoms with Crippen LogP contribution in [0.2, 0.25) is 0 Å². The van der Waals surface area contributed by atoms with Crippen molar-refractivity contribution in [2.75, 3.05) is 5.75 Å². The molecule has 15 nitrogen and oxygen atoms in total. The predicted octanol–water partition coefficient (Wildman–Crippen LogP) is -3.30. The van der Waals surface area contributed by atoms with Gasteiger partial charge in [-0.25, -0.2) is 9.78 Å². The molecular weight excluding hydrogens is 464 g/mol. The van der Waals surface area contributed by atoms with Gasteiger partial charge in [0, 0.05) is 24.1 Å². The highest BCUT2D eigenvalue weighted by Gasteiger charge is 2.31. The summed E-state index contributed by atoms with van der Waals surface area (Å²) in [7, 11) is 0. The summed E-state index contributed by atoms with van der Waals surface area (Å²) in [4.78, 5) is 76.9. The Kier molecular flexibility index (Phi) is 10.8. The number of aromatic amines is 1. The topological polar surface area (TPSA) is 254 Å². The minimum absolute atomic E-state index is 0.178. The molecule has 3 amide bonds. The highest BCUT2D eigenvalue weighted by Crippen LogP contribution is 2.03. The summed E-state index contributed by atoms with van der Waals surface area (Å²) < 4.78 is 0. The molecule has 182 valence electrons. The van der Waals surface area contributed by atoms with Crippen LogP contribution in [0.5, 0.6) is 0 Å². The molecule has 1 aromatic rings. The Morgan fingerprint density at radius 2 is 1.45 bits per heavy atom. The van der Waals surface area contributed by atoms with Crippen molar-refractivity contribution < 1.29 is 44.1 Å². The number of amides is 3. The first kappa shape index (κ1) is 27.4. The monoisotopic (exact) mass is 488 g/mol. The molecule has 0 bridgehead atoms. The molecule has 4 unspecified atom stereocenters. The molecule has 4 atom stereocenters. The number of nitrogens with one attached hydrogen (secondary N) is 4. The smallest absolute Gasteiger partial charge is 0.327 e. The minimum Gasteiger partial charge on any atom is -0.481 e. The SMILES string of the molecule is NC(CC(=O)O)C(=O)NC(CC(=O)O)C(=O)NC(Cc1cnc[nH]1)C(=O)NC(CS)C(=O)O. The van der Waals surface area contributed by atoms with Gasteiger partial charge in [-0.15, -0.1) is 0 Å². The Bertz CT molecular complexity index is 878. The zero-order valence-electron chi connectivity index (χ0n) is 17.1. The molecule has 0 spiro atoms. The number of H-pyrrole nitrogens is 1. The van der Waals surface area contributed by atoms with E-state index in [-0.39, 0.29) is 12.2 Å². The first-order valence-electron chi connectivity index (χ1n) is 9.35. The molecular formula is C17H24N6O9S. The number of nitrogens with two attached hydrogens (primary N) is 1. The molecule has 1 heterocycles. The molecule has 0 aliphatic rings. The van der Waals surface area contributed by atoms with Crippen LogP contribution in [0, 0.1) is 0 Å². The molecule has 16 heteroatoms. The van der Waals surface area contributed by atoms with Crippen molar-refractivity contribution in [1.82, 2.24) is 25.9 Å². The van der Waals surface area contributed by atoms with Crippen molar-refractivity contribution >= 4 is 48.3 Å². The lowest BCUT2D eigenvalue weighted by Gasteiger charge is -2.24. The predicted molar refractivity (Wildman–Crippen MR) is 112 cm³/mol. The lowest BCUT2D eigenvalue weighted by Crippen LogP contribution is -2.58. The Hall–Kier alpha value is -3.66. The summed E-state index contributed by atoms with van der Waals surface area (Å²) >= 11 is 3.84. The number of carboxylic acids is 3. The third-order valence-electron chi connectivity index (χ3n) is 4.15. The molecule has 0 aliphatic carbocycles. The van der Waals surface area contributed by atoms with E-state index in [1.54, 1.807) is 0 Å². The van der Waals surface area contributed by atoms with E-state index >= 15 is 0 Å². The van der Waals surface area contributed by atoms with E-state index in [9.17, 15) is 28.8 Å². The summed E-state index contributed by atoms with van der Waals surface area (Å²) in [6, 6.07) is -6.01. The van der Waals surface area contributed by atoms with Gasteiger partial charge in [0.1, 0.15) is 18.1 Å². The maximum absolute atomic E-state index is 12.7. The third-order valence-corrected chi connectivity index (χ3v) is 4.52. The maximum atomic E-state index is 12.7. The van der Waals surface area contributed by atoms with Crippen LogP contribution in [0.15, 0.2) is 12.5 Å². The maximum Gasteiger partial charge on any atom is 0.327 e. The van der Waals surface area contributed by atoms with Gasteiger partial charge < -0.3 is 42.0 Å². The molecule has 0 aliphatic heterocycles. The first-order valence-corrected chi connectivity index (χ1v) is 9.99. The summed E-state index contributed by atoms with van der Waals surface area (Å²) in [5.74, 6) is -7.57. The number of hydrogen-bond acceptors (Lipinski definition) is 9. The van der Waals surface area contributed by atoms with E-state index in [0.717, 1.165) is 0 Å². The number of aromatic nitrogens is 2. The van der Waals surface area contributed by atoms with E-state index in [2.05, 4.69) is 33.2 Å². The number of carbonyl (C=O) groups is 6. The van der Waals surface area contributed by atoms with Gasteiger partial charge in [0.15, 0.2) is 0 Å². The largest absolute Gasteiger partial charge is 0.481 e. The van der Waals surface area contributed by atoms with Crippen molar-refractivity contribution in [2.45, 2.75) is 43.4 Å². The summed E-state index contributed by atoms with van der Waals surface area (Å²) in [5, 5.41) is 33.4. The van der Waals surface area contributed by atoms with Crippen molar-refractivity contribution in [3.05, 3.63) is 18.2 Å². The van der Waals surface area contributed by atoms with E-state index in [1.807, 2.05) is 5.32 Å². The average molecular weight is 488 g/mol. The number of carboxylic acid groups (broad SMARTS) is 3. The summed E-state index contributed by atoms with van der Waals surface area (Å²) in [6.45, 7) is 0. The Morgan fingerprint density at radius 3 is 1.94 bits per heavy atom. The fourth-order valence-corrected chi connectivity index (χ4v) is 2.75. The zero-order chi connectivity index (χ0) is 25.1. The van der Waals surface area contributed by atoms with Crippen LogP contribution in [-0.4, -0.2) is 90.8 Å². The van der Waals surface area contributed by atoms with Crippen LogP contribution >= 0.6 is 12.6 Å². The molecule has 0 saturated heterocycles. The molecule has 0 saturated carbocycles. The van der Waals surface area contributed by atoms with Gasteiger partial charge >= 0.3 is 17.9 Å². The number of imidazole rings is 1. The van der Waals surface area contributed by atoms with Crippen molar-refractivity contribution in [3.63, 3.8) is 0 Å². The fraction of sp³-hybridized carbons (Fsp3) is 0.471. The third kappa shape index (κ3) is 9.56. The number of nitrogens with zero attached hydrogens (tertiary/aromatic N) is 1. The molecule has 33 heavy (non-hydrogen) atoms. The number of thiol groups is 1. The fourth-order valence-electron chi connectivity index (χ4n) is 2.50. The van der Waals surface area contributed by atoms with Gasteiger partial charge in [-0.1, -0.05) is 0 Å². The molecule has 1 aromatic heterocycles. The highest BCUT2D eigenvalue weighted by atomic mass is 32.1. The van der Waals surface area contributed by atoms with E-state index in [1.165, 1.54) is 12.5 Å². The number of carbonyl (C=O) groups excluding carboxylic acids is 3. The second-order valence-electron chi connectivity index (χ2n) is 6.79. The number of aliphatic carboxylic acids is 3. The highest BCUT2D eigenvalue weighted by molar-refractivity contribution is 7.80. The van der Waals surface area contributed by atoms with Crippen LogP contribution in [0.25, 0.3) is 0 Å². The normalized spacial score (nSPS) is 14.2. The first-order chi connectivity index (χ1) is 15.4. The zero-order valence-corrected chi connectivity index (χ0v) is 17.9. The molecule has 9 N–H and O–H groups in total.